The smallest absolute Gasteiger partial charge is 0.241 e. The molecule has 0 fully saturated rings. The van der Waals surface area contributed by atoms with E-state index >= 15 is 0 Å². The van der Waals surface area contributed by atoms with Crippen LogP contribution in [0.3, 0.4) is 0 Å². The fourth-order valence-electron chi connectivity index (χ4n) is 1.85. The van der Waals surface area contributed by atoms with Crippen molar-refractivity contribution in [2.24, 2.45) is 0 Å². The highest BCUT2D eigenvalue weighted by molar-refractivity contribution is 7.89. The van der Waals surface area contributed by atoms with Crippen molar-refractivity contribution in [3.63, 3.8) is 0 Å². The van der Waals surface area contributed by atoms with E-state index in [-0.39, 0.29) is 16.5 Å². The first kappa shape index (κ1) is 18.3. The Kier molecular flexibility index (Phi) is 5.84. The number of nitrogens with zero attached hydrogens (tertiary/aromatic N) is 1. The molecule has 1 N–H and O–H groups in total. The summed E-state index contributed by atoms with van der Waals surface area (Å²) in [5, 5.41) is -0.245. The van der Waals surface area contributed by atoms with Crippen LogP contribution >= 0.6 is 11.6 Å². The molecule has 0 saturated carbocycles. The molecule has 126 valence electrons. The van der Waals surface area contributed by atoms with Crippen LogP contribution in [0.25, 0.3) is 0 Å². The number of nitrogens with one attached hydrogen (secondary N) is 1. The van der Waals surface area contributed by atoms with Gasteiger partial charge < -0.3 is 4.90 Å². The van der Waals surface area contributed by atoms with Gasteiger partial charge in [-0.15, -0.1) is 0 Å². The zero-order valence-corrected chi connectivity index (χ0v) is 14.7. The summed E-state index contributed by atoms with van der Waals surface area (Å²) in [5.74, 6) is 4.95. The average Bonchev–Trinajstić information content (AvgIpc) is 2.54. The molecule has 0 saturated heterocycles. The molecule has 0 unspecified atom stereocenters. The zero-order chi connectivity index (χ0) is 17.7. The SMILES string of the molecule is CN(C)c1ccc(C#CCNS(=O)(=O)c2ccc(F)c(Cl)c2)cc1. The number of rotatable bonds is 4. The van der Waals surface area contributed by atoms with Gasteiger partial charge in [-0.3, -0.25) is 0 Å². The van der Waals surface area contributed by atoms with Crippen LogP contribution in [0, 0.1) is 17.7 Å². The molecule has 0 aromatic heterocycles. The second-order valence-electron chi connectivity index (χ2n) is 5.14. The van der Waals surface area contributed by atoms with E-state index in [9.17, 15) is 12.8 Å². The van der Waals surface area contributed by atoms with E-state index in [1.165, 1.54) is 0 Å². The van der Waals surface area contributed by atoms with Crippen LogP contribution < -0.4 is 9.62 Å². The summed E-state index contributed by atoms with van der Waals surface area (Å²) in [4.78, 5) is 1.87. The summed E-state index contributed by atoms with van der Waals surface area (Å²) in [6, 6.07) is 10.8. The molecule has 0 atom stereocenters. The first-order valence-electron chi connectivity index (χ1n) is 7.00. The van der Waals surface area contributed by atoms with E-state index in [1.807, 2.05) is 43.3 Å². The minimum atomic E-state index is -3.78. The highest BCUT2D eigenvalue weighted by atomic mass is 35.5. The van der Waals surface area contributed by atoms with Crippen molar-refractivity contribution >= 4 is 27.3 Å². The van der Waals surface area contributed by atoms with E-state index in [1.54, 1.807) is 0 Å². The molecule has 2 aromatic rings. The molecular formula is C17H16ClFN2O2S. The molecule has 0 amide bonds. The van der Waals surface area contributed by atoms with Gasteiger partial charge in [0.05, 0.1) is 16.5 Å². The Morgan fingerprint density at radius 3 is 2.42 bits per heavy atom. The summed E-state index contributed by atoms with van der Waals surface area (Å²) in [6.07, 6.45) is 0. The van der Waals surface area contributed by atoms with Crippen LogP contribution in [0.5, 0.6) is 0 Å². The van der Waals surface area contributed by atoms with Gasteiger partial charge in [-0.25, -0.2) is 12.8 Å². The number of sulfonamides is 1. The summed E-state index contributed by atoms with van der Waals surface area (Å²) in [6.45, 7) is -0.0627. The molecule has 4 nitrogen and oxygen atoms in total. The van der Waals surface area contributed by atoms with Gasteiger partial charge in [0.1, 0.15) is 5.82 Å². The topological polar surface area (TPSA) is 49.4 Å². The van der Waals surface area contributed by atoms with Crippen molar-refractivity contribution in [1.82, 2.24) is 4.72 Å². The summed E-state index contributed by atoms with van der Waals surface area (Å²) in [5.41, 5.74) is 1.83. The maximum atomic E-state index is 13.1. The monoisotopic (exact) mass is 366 g/mol. The lowest BCUT2D eigenvalue weighted by Gasteiger charge is -2.11. The Bertz CT molecular complexity index is 885. The largest absolute Gasteiger partial charge is 0.378 e. The molecule has 0 spiro atoms. The maximum absolute atomic E-state index is 13.1. The van der Waals surface area contributed by atoms with Crippen molar-refractivity contribution in [2.75, 3.05) is 25.5 Å². The lowest BCUT2D eigenvalue weighted by molar-refractivity contribution is 0.585. The molecule has 0 heterocycles. The van der Waals surface area contributed by atoms with Crippen LogP contribution in [-0.2, 0) is 10.0 Å². The molecule has 0 radical (unpaired) electrons. The molecule has 2 aromatic carbocycles. The Morgan fingerprint density at radius 1 is 1.17 bits per heavy atom. The molecule has 0 bridgehead atoms. The van der Waals surface area contributed by atoms with Crippen LogP contribution in [0.1, 0.15) is 5.56 Å². The van der Waals surface area contributed by atoms with Crippen molar-refractivity contribution < 1.29 is 12.8 Å². The first-order valence-corrected chi connectivity index (χ1v) is 8.87. The minimum Gasteiger partial charge on any atom is -0.378 e. The summed E-state index contributed by atoms with van der Waals surface area (Å²) >= 11 is 5.60. The van der Waals surface area contributed by atoms with E-state index in [0.29, 0.717) is 0 Å². The van der Waals surface area contributed by atoms with E-state index in [2.05, 4.69) is 16.6 Å². The number of hydrogen-bond donors (Lipinski definition) is 1. The third-order valence-electron chi connectivity index (χ3n) is 3.17. The third-order valence-corrected chi connectivity index (χ3v) is 4.86. The number of benzene rings is 2. The number of anilines is 1. The third kappa shape index (κ3) is 4.71. The highest BCUT2D eigenvalue weighted by Gasteiger charge is 2.14. The predicted molar refractivity (Wildman–Crippen MR) is 94.2 cm³/mol. The van der Waals surface area contributed by atoms with Crippen LogP contribution in [-0.4, -0.2) is 29.1 Å². The lowest BCUT2D eigenvalue weighted by Crippen LogP contribution is -2.24. The van der Waals surface area contributed by atoms with Gasteiger partial charge in [0.25, 0.3) is 0 Å². The Balaban J connectivity index is 2.02. The molecule has 0 aliphatic carbocycles. The molecular weight excluding hydrogens is 351 g/mol. The second kappa shape index (κ2) is 7.67. The molecule has 24 heavy (non-hydrogen) atoms. The normalized spacial score (nSPS) is 10.8. The number of halogens is 2. The Labute approximate surface area is 146 Å². The van der Waals surface area contributed by atoms with Gasteiger partial charge in [0, 0.05) is 25.3 Å². The number of hydrogen-bond acceptors (Lipinski definition) is 3. The summed E-state index contributed by atoms with van der Waals surface area (Å²) in [7, 11) is 0.101. The van der Waals surface area contributed by atoms with E-state index < -0.39 is 15.8 Å². The van der Waals surface area contributed by atoms with Crippen molar-refractivity contribution in [3.8, 4) is 11.8 Å². The van der Waals surface area contributed by atoms with Gasteiger partial charge in [-0.05, 0) is 42.5 Å². The predicted octanol–water partition coefficient (Wildman–Crippen LogP) is 2.88. The van der Waals surface area contributed by atoms with E-state index in [4.69, 9.17) is 11.6 Å². The van der Waals surface area contributed by atoms with Crippen molar-refractivity contribution in [2.45, 2.75) is 4.90 Å². The van der Waals surface area contributed by atoms with Crippen molar-refractivity contribution in [3.05, 3.63) is 58.9 Å². The molecule has 0 aliphatic heterocycles. The first-order chi connectivity index (χ1) is 11.3. The van der Waals surface area contributed by atoms with Crippen LogP contribution in [0.15, 0.2) is 47.4 Å². The molecule has 0 aliphatic rings. The minimum absolute atomic E-state index is 0.0627. The van der Waals surface area contributed by atoms with Crippen LogP contribution in [0.4, 0.5) is 10.1 Å². The van der Waals surface area contributed by atoms with Gasteiger partial charge in [0.2, 0.25) is 10.0 Å². The second-order valence-corrected chi connectivity index (χ2v) is 7.32. The molecule has 7 heteroatoms. The summed E-state index contributed by atoms with van der Waals surface area (Å²) < 4.78 is 39.5. The van der Waals surface area contributed by atoms with E-state index in [0.717, 1.165) is 29.4 Å². The Morgan fingerprint density at radius 2 is 1.83 bits per heavy atom. The highest BCUT2D eigenvalue weighted by Crippen LogP contribution is 2.19. The maximum Gasteiger partial charge on any atom is 0.241 e. The average molecular weight is 367 g/mol. The van der Waals surface area contributed by atoms with Gasteiger partial charge in [0.15, 0.2) is 0 Å². The van der Waals surface area contributed by atoms with Gasteiger partial charge >= 0.3 is 0 Å². The molecule has 2 rings (SSSR count). The van der Waals surface area contributed by atoms with Gasteiger partial charge in [-0.2, -0.15) is 4.72 Å². The fraction of sp³-hybridized carbons (Fsp3) is 0.176. The lowest BCUT2D eigenvalue weighted by atomic mass is 10.2. The Hall–Kier alpha value is -2.07. The fourth-order valence-corrected chi connectivity index (χ4v) is 3.04. The van der Waals surface area contributed by atoms with Crippen LogP contribution in [0.2, 0.25) is 5.02 Å². The van der Waals surface area contributed by atoms with Gasteiger partial charge in [-0.1, -0.05) is 23.4 Å². The standard InChI is InChI=1S/C17H16ClFN2O2S/c1-21(2)14-7-5-13(6-8-14)4-3-11-20-24(22,23)15-9-10-17(19)16(18)12-15/h5-10,12,20H,11H2,1-2H3. The van der Waals surface area contributed by atoms with Crippen molar-refractivity contribution in [1.29, 1.82) is 0 Å². The zero-order valence-electron chi connectivity index (χ0n) is 13.2. The quantitative estimate of drug-likeness (QED) is 0.846.